The Hall–Kier alpha value is -1.88. The summed E-state index contributed by atoms with van der Waals surface area (Å²) in [4.78, 5) is 11.0. The molecular weight excluding hydrogens is 259 g/mol. The summed E-state index contributed by atoms with van der Waals surface area (Å²) in [6, 6.07) is 4.35. The van der Waals surface area contributed by atoms with Gasteiger partial charge in [0.1, 0.15) is 10.8 Å². The Balaban J connectivity index is 2.58. The maximum Gasteiger partial charge on any atom is 0.165 e. The van der Waals surface area contributed by atoms with Crippen LogP contribution in [-0.2, 0) is 7.05 Å². The minimum absolute atomic E-state index is 0.133. The number of aryl methyl sites for hydroxylation is 1. The smallest absolute Gasteiger partial charge is 0.165 e. The molecule has 18 heavy (non-hydrogen) atoms. The van der Waals surface area contributed by atoms with Gasteiger partial charge in [-0.1, -0.05) is 11.6 Å². The second-order valence-electron chi connectivity index (χ2n) is 3.64. The highest BCUT2D eigenvalue weighted by Gasteiger charge is 2.16. The summed E-state index contributed by atoms with van der Waals surface area (Å²) in [5.74, 6) is -0.387. The van der Waals surface area contributed by atoms with Crippen LogP contribution in [0.3, 0.4) is 0 Å². The minimum atomic E-state index is -0.520. The monoisotopic (exact) mass is 268 g/mol. The third-order valence-corrected chi connectivity index (χ3v) is 3.00. The van der Waals surface area contributed by atoms with Crippen LogP contribution in [0.5, 0.6) is 5.75 Å². The van der Waals surface area contributed by atoms with Crippen molar-refractivity contribution in [2.24, 2.45) is 7.05 Å². The largest absolute Gasteiger partial charge is 0.494 e. The van der Waals surface area contributed by atoms with Gasteiger partial charge in [-0.05, 0) is 18.2 Å². The van der Waals surface area contributed by atoms with Gasteiger partial charge in [0.2, 0.25) is 0 Å². The molecule has 1 aromatic heterocycles. The standard InChI is InChI=1S/C12H10ClFN2O2/c1-16-12(13)8(6-17)11(15-16)7-3-4-10(18-2)9(14)5-7/h3-6H,1-2H3. The zero-order valence-corrected chi connectivity index (χ0v) is 10.5. The molecule has 0 saturated heterocycles. The molecule has 0 unspecified atom stereocenters. The average molecular weight is 269 g/mol. The third kappa shape index (κ3) is 1.97. The van der Waals surface area contributed by atoms with Crippen molar-refractivity contribution in [3.8, 4) is 17.0 Å². The normalized spacial score (nSPS) is 10.4. The summed E-state index contributed by atoms with van der Waals surface area (Å²) in [7, 11) is 2.99. The van der Waals surface area contributed by atoms with Gasteiger partial charge < -0.3 is 4.74 Å². The molecule has 0 saturated carbocycles. The number of nitrogens with zero attached hydrogens (tertiary/aromatic N) is 2. The van der Waals surface area contributed by atoms with Gasteiger partial charge in [0.05, 0.1) is 12.7 Å². The first-order chi connectivity index (χ1) is 8.58. The molecule has 0 atom stereocenters. The van der Waals surface area contributed by atoms with E-state index < -0.39 is 5.82 Å². The summed E-state index contributed by atoms with van der Waals surface area (Å²) in [6.07, 6.45) is 0.604. The van der Waals surface area contributed by atoms with Crippen molar-refractivity contribution in [3.63, 3.8) is 0 Å². The van der Waals surface area contributed by atoms with Crippen molar-refractivity contribution in [2.75, 3.05) is 7.11 Å². The Bertz CT molecular complexity index is 610. The SMILES string of the molecule is COc1ccc(-c2nn(C)c(Cl)c2C=O)cc1F. The highest BCUT2D eigenvalue weighted by atomic mass is 35.5. The van der Waals surface area contributed by atoms with Crippen LogP contribution in [0, 0.1) is 5.82 Å². The summed E-state index contributed by atoms with van der Waals surface area (Å²) < 4.78 is 19.8. The van der Waals surface area contributed by atoms with Crippen molar-refractivity contribution in [1.29, 1.82) is 0 Å². The van der Waals surface area contributed by atoms with E-state index in [0.29, 0.717) is 17.5 Å². The van der Waals surface area contributed by atoms with E-state index in [0.717, 1.165) is 0 Å². The molecule has 0 radical (unpaired) electrons. The van der Waals surface area contributed by atoms with Crippen LogP contribution in [-0.4, -0.2) is 23.2 Å². The zero-order chi connectivity index (χ0) is 13.3. The predicted molar refractivity (Wildman–Crippen MR) is 65.6 cm³/mol. The first-order valence-corrected chi connectivity index (χ1v) is 5.48. The Kier molecular flexibility index (Phi) is 3.34. The quantitative estimate of drug-likeness (QED) is 0.804. The van der Waals surface area contributed by atoms with Crippen molar-refractivity contribution in [2.45, 2.75) is 0 Å². The van der Waals surface area contributed by atoms with Crippen LogP contribution in [0.15, 0.2) is 18.2 Å². The molecule has 2 rings (SSSR count). The molecule has 0 N–H and O–H groups in total. The van der Waals surface area contributed by atoms with E-state index in [1.807, 2.05) is 0 Å². The fraction of sp³-hybridized carbons (Fsp3) is 0.167. The highest BCUT2D eigenvalue weighted by Crippen LogP contribution is 2.29. The van der Waals surface area contributed by atoms with E-state index >= 15 is 0 Å². The zero-order valence-electron chi connectivity index (χ0n) is 9.78. The number of aromatic nitrogens is 2. The number of ether oxygens (including phenoxy) is 1. The fourth-order valence-electron chi connectivity index (χ4n) is 1.65. The molecule has 0 aliphatic carbocycles. The topological polar surface area (TPSA) is 44.1 Å². The summed E-state index contributed by atoms with van der Waals surface area (Å²) in [5, 5.41) is 4.31. The second kappa shape index (κ2) is 4.78. The Morgan fingerprint density at radius 1 is 1.50 bits per heavy atom. The Labute approximate surface area is 108 Å². The van der Waals surface area contributed by atoms with Crippen molar-refractivity contribution >= 4 is 17.9 Å². The Morgan fingerprint density at radius 2 is 2.22 bits per heavy atom. The number of methoxy groups -OCH3 is 1. The summed E-state index contributed by atoms with van der Waals surface area (Å²) in [6.45, 7) is 0. The lowest BCUT2D eigenvalue weighted by molar-refractivity contribution is 0.112. The molecule has 1 heterocycles. The van der Waals surface area contributed by atoms with Gasteiger partial charge in [-0.2, -0.15) is 5.10 Å². The number of carbonyl (C=O) groups excluding carboxylic acids is 1. The van der Waals surface area contributed by atoms with Gasteiger partial charge in [0.15, 0.2) is 17.9 Å². The number of halogens is 2. The maximum atomic E-state index is 13.6. The van der Waals surface area contributed by atoms with Crippen LogP contribution in [0.2, 0.25) is 5.15 Å². The Morgan fingerprint density at radius 3 is 2.78 bits per heavy atom. The van der Waals surface area contributed by atoms with Crippen molar-refractivity contribution < 1.29 is 13.9 Å². The van der Waals surface area contributed by atoms with Gasteiger partial charge in [0.25, 0.3) is 0 Å². The van der Waals surface area contributed by atoms with E-state index in [9.17, 15) is 9.18 Å². The van der Waals surface area contributed by atoms with Crippen LogP contribution in [0.4, 0.5) is 4.39 Å². The molecule has 2 aromatic rings. The molecule has 0 aliphatic rings. The molecule has 0 amide bonds. The summed E-state index contributed by atoms with van der Waals surface area (Å²) >= 11 is 5.91. The van der Waals surface area contributed by atoms with E-state index in [-0.39, 0.29) is 16.5 Å². The van der Waals surface area contributed by atoms with Crippen LogP contribution in [0.25, 0.3) is 11.3 Å². The number of rotatable bonds is 3. The molecule has 0 bridgehead atoms. The third-order valence-electron chi connectivity index (χ3n) is 2.55. The first-order valence-electron chi connectivity index (χ1n) is 5.10. The molecule has 0 spiro atoms. The van der Waals surface area contributed by atoms with Crippen LogP contribution >= 0.6 is 11.6 Å². The lowest BCUT2D eigenvalue weighted by Gasteiger charge is -2.03. The molecule has 0 aliphatic heterocycles. The van der Waals surface area contributed by atoms with Gasteiger partial charge in [-0.25, -0.2) is 4.39 Å². The number of hydrogen-bond acceptors (Lipinski definition) is 3. The number of benzene rings is 1. The van der Waals surface area contributed by atoms with E-state index in [4.69, 9.17) is 16.3 Å². The minimum Gasteiger partial charge on any atom is -0.494 e. The molecule has 1 aromatic carbocycles. The predicted octanol–water partition coefficient (Wildman–Crippen LogP) is 2.70. The highest BCUT2D eigenvalue weighted by molar-refractivity contribution is 6.32. The van der Waals surface area contributed by atoms with Crippen LogP contribution in [0.1, 0.15) is 10.4 Å². The lowest BCUT2D eigenvalue weighted by Crippen LogP contribution is -1.91. The van der Waals surface area contributed by atoms with E-state index in [2.05, 4.69) is 5.10 Å². The second-order valence-corrected chi connectivity index (χ2v) is 4.00. The fourth-order valence-corrected chi connectivity index (χ4v) is 1.82. The lowest BCUT2D eigenvalue weighted by atomic mass is 10.1. The van der Waals surface area contributed by atoms with Crippen LogP contribution < -0.4 is 4.74 Å². The maximum absolute atomic E-state index is 13.6. The molecule has 6 heteroatoms. The number of carbonyl (C=O) groups is 1. The van der Waals surface area contributed by atoms with Gasteiger partial charge >= 0.3 is 0 Å². The summed E-state index contributed by atoms with van der Waals surface area (Å²) in [5.41, 5.74) is 1.06. The molecular formula is C12H10ClFN2O2. The molecule has 4 nitrogen and oxygen atoms in total. The van der Waals surface area contributed by atoms with E-state index in [1.165, 1.54) is 23.9 Å². The van der Waals surface area contributed by atoms with E-state index in [1.54, 1.807) is 13.1 Å². The van der Waals surface area contributed by atoms with Gasteiger partial charge in [-0.3, -0.25) is 9.48 Å². The van der Waals surface area contributed by atoms with Crippen molar-refractivity contribution in [3.05, 3.63) is 34.7 Å². The molecule has 0 fully saturated rings. The van der Waals surface area contributed by atoms with Crippen molar-refractivity contribution in [1.82, 2.24) is 9.78 Å². The molecule has 94 valence electrons. The van der Waals surface area contributed by atoms with Gasteiger partial charge in [-0.15, -0.1) is 0 Å². The number of hydrogen-bond donors (Lipinski definition) is 0. The van der Waals surface area contributed by atoms with Gasteiger partial charge in [0, 0.05) is 12.6 Å². The average Bonchev–Trinajstić information content (AvgIpc) is 2.65. The number of aldehydes is 1. The first kappa shape index (κ1) is 12.6.